The van der Waals surface area contributed by atoms with E-state index in [1.165, 1.54) is 7.05 Å². The van der Waals surface area contributed by atoms with Gasteiger partial charge in [-0.25, -0.2) is 9.59 Å². The van der Waals surface area contributed by atoms with Gasteiger partial charge in [0, 0.05) is 26.6 Å². The molecule has 0 radical (unpaired) electrons. The Bertz CT molecular complexity index is 321. The number of rotatable bonds is 8. The Morgan fingerprint density at radius 1 is 1.32 bits per heavy atom. The molecule has 0 fully saturated rings. The van der Waals surface area contributed by atoms with Crippen LogP contribution in [-0.4, -0.2) is 65.8 Å². The molecule has 0 aromatic rings. The number of likely N-dealkylation sites (N-methyl/N-ethyl adjacent to an activating group) is 1. The van der Waals surface area contributed by atoms with E-state index in [-0.39, 0.29) is 25.5 Å². The van der Waals surface area contributed by atoms with Crippen LogP contribution in [0.25, 0.3) is 0 Å². The third kappa shape index (κ3) is 7.24. The van der Waals surface area contributed by atoms with Crippen LogP contribution in [0.3, 0.4) is 0 Å². The molecule has 0 saturated heterocycles. The molecule has 0 aromatic heterocycles. The molecule has 0 aliphatic heterocycles. The van der Waals surface area contributed by atoms with E-state index >= 15 is 0 Å². The van der Waals surface area contributed by atoms with Gasteiger partial charge in [0.05, 0.1) is 0 Å². The lowest BCUT2D eigenvalue weighted by Gasteiger charge is -2.20. The van der Waals surface area contributed by atoms with Gasteiger partial charge in [-0.1, -0.05) is 6.92 Å². The second-order valence-corrected chi connectivity index (χ2v) is 4.06. The van der Waals surface area contributed by atoms with E-state index in [2.05, 4.69) is 10.6 Å². The highest BCUT2D eigenvalue weighted by Gasteiger charge is 2.21. The summed E-state index contributed by atoms with van der Waals surface area (Å²) in [6.07, 6.45) is 0.705. The van der Waals surface area contributed by atoms with E-state index in [1.807, 2.05) is 6.92 Å². The zero-order valence-electron chi connectivity index (χ0n) is 11.2. The molecule has 110 valence electrons. The number of carbonyl (C=O) groups excluding carboxylic acids is 2. The Hall–Kier alpha value is -1.83. The fraction of sp³-hybridized carbons (Fsp3) is 0.727. The molecular formula is C11H21N3O5. The summed E-state index contributed by atoms with van der Waals surface area (Å²) in [5, 5.41) is 22.3. The summed E-state index contributed by atoms with van der Waals surface area (Å²) >= 11 is 0. The lowest BCUT2D eigenvalue weighted by Crippen LogP contribution is -2.49. The van der Waals surface area contributed by atoms with Crippen molar-refractivity contribution in [2.75, 3.05) is 26.7 Å². The smallest absolute Gasteiger partial charge is 0.326 e. The number of amides is 3. The van der Waals surface area contributed by atoms with Gasteiger partial charge in [-0.3, -0.25) is 4.79 Å². The fourth-order valence-corrected chi connectivity index (χ4v) is 1.25. The molecule has 0 bridgehead atoms. The van der Waals surface area contributed by atoms with Gasteiger partial charge in [-0.2, -0.15) is 0 Å². The minimum Gasteiger partial charge on any atom is -0.480 e. The topological polar surface area (TPSA) is 119 Å². The Balaban J connectivity index is 4.24. The van der Waals surface area contributed by atoms with Crippen LogP contribution in [-0.2, 0) is 9.59 Å². The van der Waals surface area contributed by atoms with Crippen LogP contribution in [0.15, 0.2) is 0 Å². The number of carbonyl (C=O) groups is 3. The van der Waals surface area contributed by atoms with Crippen LogP contribution >= 0.6 is 0 Å². The number of aliphatic hydroxyl groups is 1. The normalized spacial score (nSPS) is 11.5. The van der Waals surface area contributed by atoms with Crippen LogP contribution in [0.2, 0.25) is 0 Å². The largest absolute Gasteiger partial charge is 0.480 e. The summed E-state index contributed by atoms with van der Waals surface area (Å²) in [7, 11) is 1.39. The van der Waals surface area contributed by atoms with Crippen molar-refractivity contribution < 1.29 is 24.6 Å². The van der Waals surface area contributed by atoms with Gasteiger partial charge in [0.15, 0.2) is 0 Å². The van der Waals surface area contributed by atoms with E-state index in [0.717, 1.165) is 11.3 Å². The van der Waals surface area contributed by atoms with Gasteiger partial charge < -0.3 is 25.7 Å². The average molecular weight is 275 g/mol. The Labute approximate surface area is 111 Å². The highest BCUT2D eigenvalue weighted by Crippen LogP contribution is 1.94. The predicted octanol–water partition coefficient (Wildman–Crippen LogP) is -1.01. The molecule has 0 spiro atoms. The second-order valence-electron chi connectivity index (χ2n) is 4.06. The second kappa shape index (κ2) is 9.15. The molecular weight excluding hydrogens is 254 g/mol. The van der Waals surface area contributed by atoms with Crippen LogP contribution in [0.5, 0.6) is 0 Å². The maximum atomic E-state index is 11.6. The van der Waals surface area contributed by atoms with Crippen molar-refractivity contribution >= 4 is 17.9 Å². The van der Waals surface area contributed by atoms with Crippen LogP contribution in [0, 0.1) is 0 Å². The molecule has 1 atom stereocenters. The number of hydrogen-bond donors (Lipinski definition) is 4. The molecule has 0 rings (SSSR count). The fourth-order valence-electron chi connectivity index (χ4n) is 1.25. The lowest BCUT2D eigenvalue weighted by molar-refractivity contribution is -0.139. The molecule has 4 N–H and O–H groups in total. The van der Waals surface area contributed by atoms with Crippen molar-refractivity contribution in [3.63, 3.8) is 0 Å². The Kier molecular flexibility index (Phi) is 8.27. The average Bonchev–Trinajstić information content (AvgIpc) is 2.35. The molecule has 8 heteroatoms. The van der Waals surface area contributed by atoms with Crippen LogP contribution < -0.4 is 10.6 Å². The lowest BCUT2D eigenvalue weighted by atomic mass is 10.2. The van der Waals surface area contributed by atoms with Crippen molar-refractivity contribution in [3.05, 3.63) is 0 Å². The highest BCUT2D eigenvalue weighted by molar-refractivity contribution is 5.86. The third-order valence-electron chi connectivity index (χ3n) is 2.31. The molecule has 0 heterocycles. The molecule has 19 heavy (non-hydrogen) atoms. The number of nitrogens with one attached hydrogen (secondary N) is 2. The van der Waals surface area contributed by atoms with Crippen molar-refractivity contribution in [1.29, 1.82) is 0 Å². The quantitative estimate of drug-likeness (QED) is 0.452. The monoisotopic (exact) mass is 275 g/mol. The van der Waals surface area contributed by atoms with Crippen LogP contribution in [0.1, 0.15) is 19.8 Å². The summed E-state index contributed by atoms with van der Waals surface area (Å²) in [5.41, 5.74) is 0. The number of aliphatic hydroxyl groups excluding tert-OH is 1. The van der Waals surface area contributed by atoms with E-state index in [9.17, 15) is 14.4 Å². The Morgan fingerprint density at radius 2 is 1.95 bits per heavy atom. The standard InChI is InChI=1S/C11H21N3O5/c1-3-5-12-9(16)7-14(2)11(19)13-8(4-6-15)10(17)18/h8,15H,3-7H2,1-2H3,(H,12,16)(H,13,19)(H,17,18)/t8-/m1/s1. The first-order valence-corrected chi connectivity index (χ1v) is 6.04. The summed E-state index contributed by atoms with van der Waals surface area (Å²) in [6.45, 7) is 1.93. The summed E-state index contributed by atoms with van der Waals surface area (Å²) in [4.78, 5) is 34.9. The highest BCUT2D eigenvalue weighted by atomic mass is 16.4. The number of carboxylic acid groups (broad SMARTS) is 1. The number of aliphatic carboxylic acids is 1. The summed E-state index contributed by atoms with van der Waals surface area (Å²) < 4.78 is 0. The minimum absolute atomic E-state index is 0.0864. The molecule has 0 unspecified atom stereocenters. The van der Waals surface area contributed by atoms with Gasteiger partial charge in [-0.15, -0.1) is 0 Å². The van der Waals surface area contributed by atoms with Gasteiger partial charge >= 0.3 is 12.0 Å². The molecule has 0 aromatic carbocycles. The van der Waals surface area contributed by atoms with Crippen LogP contribution in [0.4, 0.5) is 4.79 Å². The first-order valence-electron chi connectivity index (χ1n) is 6.04. The van der Waals surface area contributed by atoms with Gasteiger partial charge in [-0.05, 0) is 6.42 Å². The van der Waals surface area contributed by atoms with Crippen molar-refractivity contribution in [3.8, 4) is 0 Å². The number of hydrogen-bond acceptors (Lipinski definition) is 4. The maximum absolute atomic E-state index is 11.6. The van der Waals surface area contributed by atoms with Gasteiger partial charge in [0.1, 0.15) is 12.6 Å². The predicted molar refractivity (Wildman–Crippen MR) is 67.6 cm³/mol. The van der Waals surface area contributed by atoms with Crippen molar-refractivity contribution in [2.45, 2.75) is 25.8 Å². The van der Waals surface area contributed by atoms with Crippen molar-refractivity contribution in [1.82, 2.24) is 15.5 Å². The zero-order chi connectivity index (χ0) is 14.8. The van der Waals surface area contributed by atoms with E-state index < -0.39 is 18.0 Å². The molecule has 0 aliphatic carbocycles. The molecule has 0 aliphatic rings. The molecule has 8 nitrogen and oxygen atoms in total. The van der Waals surface area contributed by atoms with E-state index in [4.69, 9.17) is 10.2 Å². The SMILES string of the molecule is CCCNC(=O)CN(C)C(=O)N[C@H](CCO)C(=O)O. The number of nitrogens with zero attached hydrogens (tertiary/aromatic N) is 1. The zero-order valence-corrected chi connectivity index (χ0v) is 11.2. The first kappa shape index (κ1) is 17.2. The third-order valence-corrected chi connectivity index (χ3v) is 2.31. The summed E-state index contributed by atoms with van der Waals surface area (Å²) in [6, 6.07) is -1.84. The number of carboxylic acids is 1. The Morgan fingerprint density at radius 3 is 2.42 bits per heavy atom. The van der Waals surface area contributed by atoms with Gasteiger partial charge in [0.2, 0.25) is 5.91 Å². The minimum atomic E-state index is -1.23. The van der Waals surface area contributed by atoms with Crippen molar-refractivity contribution in [2.24, 2.45) is 0 Å². The summed E-state index contributed by atoms with van der Waals surface area (Å²) in [5.74, 6) is -1.54. The maximum Gasteiger partial charge on any atom is 0.326 e. The van der Waals surface area contributed by atoms with E-state index in [1.54, 1.807) is 0 Å². The van der Waals surface area contributed by atoms with Gasteiger partial charge in [0.25, 0.3) is 0 Å². The molecule has 0 saturated carbocycles. The molecule has 3 amide bonds. The first-order chi connectivity index (χ1) is 8.92. The number of urea groups is 1. The van der Waals surface area contributed by atoms with E-state index in [0.29, 0.717) is 6.54 Å².